The standard InChI is InChI=1S/C20H27N3O5S2/c1-22-16-18(30(27,28)23-12-6-3-7-13-23)15-19(22)20(24)21-11-8-14-29(25,26)17-9-4-2-5-10-17/h2,4-5,9-10,15-16H,3,6-8,11-14H2,1H3,(H,21,24). The summed E-state index contributed by atoms with van der Waals surface area (Å²) in [6, 6.07) is 9.54. The van der Waals surface area contributed by atoms with E-state index in [-0.39, 0.29) is 34.2 Å². The molecule has 1 N–H and O–H groups in total. The molecule has 1 aliphatic heterocycles. The van der Waals surface area contributed by atoms with Gasteiger partial charge in [-0.25, -0.2) is 16.8 Å². The van der Waals surface area contributed by atoms with Crippen molar-refractivity contribution >= 4 is 25.8 Å². The summed E-state index contributed by atoms with van der Waals surface area (Å²) in [6.45, 7) is 1.16. The second-order valence-electron chi connectivity index (χ2n) is 7.38. The van der Waals surface area contributed by atoms with Gasteiger partial charge in [0.1, 0.15) is 10.6 Å². The van der Waals surface area contributed by atoms with Gasteiger partial charge >= 0.3 is 0 Å². The molecule has 1 saturated heterocycles. The molecule has 2 heterocycles. The van der Waals surface area contributed by atoms with Gasteiger partial charge < -0.3 is 9.88 Å². The Kier molecular flexibility index (Phi) is 6.99. The predicted octanol–water partition coefficient (Wildman–Crippen LogP) is 1.79. The Morgan fingerprint density at radius 2 is 1.67 bits per heavy atom. The van der Waals surface area contributed by atoms with Crippen molar-refractivity contribution in [3.63, 3.8) is 0 Å². The Morgan fingerprint density at radius 3 is 2.33 bits per heavy atom. The molecular formula is C20H27N3O5S2. The van der Waals surface area contributed by atoms with Gasteiger partial charge in [0.25, 0.3) is 5.91 Å². The molecule has 1 aromatic heterocycles. The van der Waals surface area contributed by atoms with Crippen LogP contribution >= 0.6 is 0 Å². The van der Waals surface area contributed by atoms with Crippen LogP contribution in [0.5, 0.6) is 0 Å². The van der Waals surface area contributed by atoms with Crippen LogP contribution in [0.2, 0.25) is 0 Å². The molecule has 0 bridgehead atoms. The minimum Gasteiger partial charge on any atom is -0.351 e. The van der Waals surface area contributed by atoms with E-state index in [1.165, 1.54) is 21.1 Å². The smallest absolute Gasteiger partial charge is 0.267 e. The average molecular weight is 454 g/mol. The lowest BCUT2D eigenvalue weighted by Crippen LogP contribution is -2.35. The van der Waals surface area contributed by atoms with E-state index in [2.05, 4.69) is 5.32 Å². The molecule has 1 amide bonds. The maximum absolute atomic E-state index is 12.8. The van der Waals surface area contributed by atoms with Crippen LogP contribution in [0, 0.1) is 0 Å². The zero-order chi connectivity index (χ0) is 21.8. The van der Waals surface area contributed by atoms with Crippen molar-refractivity contribution in [2.75, 3.05) is 25.4 Å². The van der Waals surface area contributed by atoms with E-state index in [9.17, 15) is 21.6 Å². The third-order valence-electron chi connectivity index (χ3n) is 5.14. The number of hydrogen-bond donors (Lipinski definition) is 1. The van der Waals surface area contributed by atoms with Gasteiger partial charge in [0, 0.05) is 32.9 Å². The SMILES string of the molecule is Cn1cc(S(=O)(=O)N2CCCCC2)cc1C(=O)NCCCS(=O)(=O)c1ccccc1. The average Bonchev–Trinajstić information content (AvgIpc) is 3.15. The molecule has 1 aliphatic rings. The fourth-order valence-corrected chi connectivity index (χ4v) is 6.38. The van der Waals surface area contributed by atoms with E-state index in [1.807, 2.05) is 0 Å². The Hall–Kier alpha value is -2.17. The van der Waals surface area contributed by atoms with Crippen molar-refractivity contribution in [3.8, 4) is 0 Å². The molecule has 0 atom stereocenters. The molecule has 0 radical (unpaired) electrons. The van der Waals surface area contributed by atoms with Crippen LogP contribution in [0.4, 0.5) is 0 Å². The number of sulfone groups is 1. The zero-order valence-electron chi connectivity index (χ0n) is 17.0. The van der Waals surface area contributed by atoms with Gasteiger partial charge in [-0.3, -0.25) is 4.79 Å². The van der Waals surface area contributed by atoms with E-state index < -0.39 is 25.8 Å². The maximum Gasteiger partial charge on any atom is 0.267 e. The molecule has 30 heavy (non-hydrogen) atoms. The maximum atomic E-state index is 12.8. The summed E-state index contributed by atoms with van der Waals surface area (Å²) in [5.74, 6) is -0.520. The predicted molar refractivity (Wildman–Crippen MR) is 113 cm³/mol. The van der Waals surface area contributed by atoms with Crippen molar-refractivity contribution in [2.24, 2.45) is 7.05 Å². The van der Waals surface area contributed by atoms with Gasteiger partial charge in [-0.1, -0.05) is 24.6 Å². The van der Waals surface area contributed by atoms with Crippen LogP contribution in [-0.4, -0.2) is 57.0 Å². The molecule has 0 saturated carbocycles. The molecule has 8 nitrogen and oxygen atoms in total. The monoisotopic (exact) mass is 453 g/mol. The molecule has 3 rings (SSSR count). The highest BCUT2D eigenvalue weighted by Crippen LogP contribution is 2.22. The van der Waals surface area contributed by atoms with Gasteiger partial charge in [0.15, 0.2) is 9.84 Å². The minimum absolute atomic E-state index is 0.0843. The molecule has 0 aliphatic carbocycles. The summed E-state index contributed by atoms with van der Waals surface area (Å²) < 4.78 is 53.1. The highest BCUT2D eigenvalue weighted by molar-refractivity contribution is 7.91. The number of piperidine rings is 1. The summed E-state index contributed by atoms with van der Waals surface area (Å²) >= 11 is 0. The van der Waals surface area contributed by atoms with Crippen LogP contribution < -0.4 is 5.32 Å². The third-order valence-corrected chi connectivity index (χ3v) is 8.82. The number of nitrogens with zero attached hydrogens (tertiary/aromatic N) is 2. The topological polar surface area (TPSA) is 106 Å². The number of nitrogens with one attached hydrogen (secondary N) is 1. The Balaban J connectivity index is 1.58. The Bertz CT molecular complexity index is 1090. The van der Waals surface area contributed by atoms with E-state index in [1.54, 1.807) is 37.4 Å². The van der Waals surface area contributed by atoms with E-state index >= 15 is 0 Å². The summed E-state index contributed by atoms with van der Waals surface area (Å²) in [5.41, 5.74) is 0.219. The lowest BCUT2D eigenvalue weighted by molar-refractivity contribution is 0.0945. The van der Waals surface area contributed by atoms with Gasteiger partial charge in [-0.05, 0) is 37.5 Å². The normalized spacial score (nSPS) is 15.8. The van der Waals surface area contributed by atoms with E-state index in [0.717, 1.165) is 19.3 Å². The minimum atomic E-state index is -3.62. The van der Waals surface area contributed by atoms with Gasteiger partial charge in [-0.15, -0.1) is 0 Å². The summed E-state index contributed by atoms with van der Waals surface area (Å²) in [7, 11) is -5.40. The summed E-state index contributed by atoms with van der Waals surface area (Å²) in [4.78, 5) is 12.8. The molecule has 10 heteroatoms. The number of aromatic nitrogens is 1. The molecule has 2 aromatic rings. The number of aryl methyl sites for hydroxylation is 1. The number of benzene rings is 1. The van der Waals surface area contributed by atoms with Crippen LogP contribution in [0.25, 0.3) is 0 Å². The fraction of sp³-hybridized carbons (Fsp3) is 0.450. The van der Waals surface area contributed by atoms with E-state index in [0.29, 0.717) is 13.1 Å². The third kappa shape index (κ3) is 5.11. The van der Waals surface area contributed by atoms with Crippen molar-refractivity contribution < 1.29 is 21.6 Å². The lowest BCUT2D eigenvalue weighted by atomic mass is 10.2. The Morgan fingerprint density at radius 1 is 1.00 bits per heavy atom. The second-order valence-corrected chi connectivity index (χ2v) is 11.4. The number of carbonyl (C=O) groups excluding carboxylic acids is 1. The number of carbonyl (C=O) groups is 1. The van der Waals surface area contributed by atoms with Crippen molar-refractivity contribution in [1.82, 2.24) is 14.2 Å². The molecule has 1 aromatic carbocycles. The lowest BCUT2D eigenvalue weighted by Gasteiger charge is -2.25. The molecule has 164 valence electrons. The largest absolute Gasteiger partial charge is 0.351 e. The first-order valence-corrected chi connectivity index (χ1v) is 13.0. The number of rotatable bonds is 8. The number of hydrogen-bond acceptors (Lipinski definition) is 5. The van der Waals surface area contributed by atoms with Crippen LogP contribution in [0.3, 0.4) is 0 Å². The second kappa shape index (κ2) is 9.32. The van der Waals surface area contributed by atoms with Crippen LogP contribution in [0.1, 0.15) is 36.2 Å². The molecule has 0 spiro atoms. The van der Waals surface area contributed by atoms with E-state index in [4.69, 9.17) is 0 Å². The fourth-order valence-electron chi connectivity index (χ4n) is 3.46. The summed E-state index contributed by atoms with van der Waals surface area (Å²) in [6.07, 6.45) is 4.40. The first kappa shape index (κ1) is 22.5. The highest BCUT2D eigenvalue weighted by atomic mass is 32.2. The first-order valence-electron chi connectivity index (χ1n) is 9.94. The molecular weight excluding hydrogens is 426 g/mol. The van der Waals surface area contributed by atoms with Gasteiger partial charge in [-0.2, -0.15) is 4.31 Å². The number of sulfonamides is 1. The van der Waals surface area contributed by atoms with Crippen LogP contribution in [-0.2, 0) is 26.9 Å². The Labute approximate surface area is 177 Å². The molecule has 1 fully saturated rings. The van der Waals surface area contributed by atoms with Crippen molar-refractivity contribution in [3.05, 3.63) is 48.3 Å². The molecule has 0 unspecified atom stereocenters. The van der Waals surface area contributed by atoms with Gasteiger partial charge in [0.2, 0.25) is 10.0 Å². The quantitative estimate of drug-likeness (QED) is 0.614. The van der Waals surface area contributed by atoms with Gasteiger partial charge in [0.05, 0.1) is 10.6 Å². The van der Waals surface area contributed by atoms with Crippen molar-refractivity contribution in [2.45, 2.75) is 35.5 Å². The highest BCUT2D eigenvalue weighted by Gasteiger charge is 2.28. The number of amides is 1. The zero-order valence-corrected chi connectivity index (χ0v) is 18.6. The van der Waals surface area contributed by atoms with Crippen molar-refractivity contribution in [1.29, 1.82) is 0 Å². The summed E-state index contributed by atoms with van der Waals surface area (Å²) in [5, 5.41) is 2.68. The first-order chi connectivity index (χ1) is 14.2. The van der Waals surface area contributed by atoms with Crippen LogP contribution in [0.15, 0.2) is 52.4 Å².